The first-order valence-electron chi connectivity index (χ1n) is 6.38. The molecule has 0 saturated carbocycles. The average Bonchev–Trinajstić information content (AvgIpc) is 2.17. The summed E-state index contributed by atoms with van der Waals surface area (Å²) in [6, 6.07) is 0.166. The second-order valence-corrected chi connectivity index (χ2v) is 6.79. The van der Waals surface area contributed by atoms with Gasteiger partial charge in [0.05, 0.1) is 5.75 Å². The molecule has 3 nitrogen and oxygen atoms in total. The Hall–Kier alpha value is -0.0900. The molecular formula is C12H27NO2S. The third-order valence-corrected chi connectivity index (χ3v) is 4.80. The molecule has 98 valence electrons. The lowest BCUT2D eigenvalue weighted by molar-refractivity contribution is 0.277. The van der Waals surface area contributed by atoms with Gasteiger partial charge in [-0.1, -0.05) is 34.6 Å². The lowest BCUT2D eigenvalue weighted by atomic mass is 10.1. The Morgan fingerprint density at radius 1 is 1.06 bits per heavy atom. The predicted octanol–water partition coefficient (Wildman–Crippen LogP) is 2.87. The van der Waals surface area contributed by atoms with Gasteiger partial charge >= 0.3 is 0 Å². The molecule has 0 N–H and O–H groups in total. The highest BCUT2D eigenvalue weighted by molar-refractivity contribution is 7.89. The Labute approximate surface area is 101 Å². The third-order valence-electron chi connectivity index (χ3n) is 2.71. The summed E-state index contributed by atoms with van der Waals surface area (Å²) in [5, 5.41) is 0. The quantitative estimate of drug-likeness (QED) is 0.663. The van der Waals surface area contributed by atoms with Crippen molar-refractivity contribution >= 4 is 10.0 Å². The van der Waals surface area contributed by atoms with E-state index >= 15 is 0 Å². The highest BCUT2D eigenvalue weighted by Gasteiger charge is 2.27. The van der Waals surface area contributed by atoms with Crippen LogP contribution in [0.1, 0.15) is 53.9 Å². The first-order chi connectivity index (χ1) is 7.38. The van der Waals surface area contributed by atoms with Crippen molar-refractivity contribution in [1.82, 2.24) is 4.31 Å². The molecule has 4 heteroatoms. The highest BCUT2D eigenvalue weighted by atomic mass is 32.2. The van der Waals surface area contributed by atoms with Crippen molar-refractivity contribution in [2.24, 2.45) is 5.92 Å². The minimum absolute atomic E-state index is 0.166. The van der Waals surface area contributed by atoms with Crippen molar-refractivity contribution in [1.29, 1.82) is 0 Å². The molecule has 0 fully saturated rings. The summed E-state index contributed by atoms with van der Waals surface area (Å²) in [5.74, 6) is 0.656. The molecule has 0 heterocycles. The van der Waals surface area contributed by atoms with Gasteiger partial charge in [0.25, 0.3) is 0 Å². The Bertz CT molecular complexity index is 269. The monoisotopic (exact) mass is 249 g/mol. The number of rotatable bonds is 8. The van der Waals surface area contributed by atoms with Gasteiger partial charge in [-0.05, 0) is 25.2 Å². The van der Waals surface area contributed by atoms with E-state index in [-0.39, 0.29) is 11.8 Å². The predicted molar refractivity (Wildman–Crippen MR) is 70.0 cm³/mol. The summed E-state index contributed by atoms with van der Waals surface area (Å²) in [4.78, 5) is 0. The lowest BCUT2D eigenvalue weighted by Gasteiger charge is -2.30. The van der Waals surface area contributed by atoms with Crippen LogP contribution in [0.25, 0.3) is 0 Å². The van der Waals surface area contributed by atoms with Crippen LogP contribution in [0.2, 0.25) is 0 Å². The van der Waals surface area contributed by atoms with Crippen molar-refractivity contribution in [3.8, 4) is 0 Å². The molecule has 16 heavy (non-hydrogen) atoms. The molecule has 0 saturated heterocycles. The molecule has 0 aromatic rings. The van der Waals surface area contributed by atoms with Crippen LogP contribution >= 0.6 is 0 Å². The fourth-order valence-corrected chi connectivity index (χ4v) is 3.95. The van der Waals surface area contributed by atoms with Crippen molar-refractivity contribution in [2.75, 3.05) is 12.3 Å². The molecule has 0 aromatic carbocycles. The summed E-state index contributed by atoms with van der Waals surface area (Å²) in [5.41, 5.74) is 0. The van der Waals surface area contributed by atoms with E-state index < -0.39 is 10.0 Å². The standard InChI is InChI=1S/C12H27NO2S/c1-6-9-16(14,15)13(10-11(4)5)12(7-2)8-3/h11-12H,6-10H2,1-5H3. The fraction of sp³-hybridized carbons (Fsp3) is 1.00. The van der Waals surface area contributed by atoms with Gasteiger partial charge in [0.2, 0.25) is 10.0 Å². The lowest BCUT2D eigenvalue weighted by Crippen LogP contribution is -2.43. The van der Waals surface area contributed by atoms with Crippen LogP contribution < -0.4 is 0 Å². The van der Waals surface area contributed by atoms with Gasteiger partial charge < -0.3 is 0 Å². The zero-order valence-corrected chi connectivity index (χ0v) is 12.2. The maximum Gasteiger partial charge on any atom is 0.214 e. The van der Waals surface area contributed by atoms with Crippen LogP contribution in [0.3, 0.4) is 0 Å². The van der Waals surface area contributed by atoms with Crippen molar-refractivity contribution < 1.29 is 8.42 Å². The molecule has 0 aliphatic carbocycles. The van der Waals surface area contributed by atoms with E-state index in [1.54, 1.807) is 4.31 Å². The number of hydrogen-bond acceptors (Lipinski definition) is 2. The first-order valence-corrected chi connectivity index (χ1v) is 7.99. The normalized spacial score (nSPS) is 13.0. The van der Waals surface area contributed by atoms with Crippen LogP contribution in [-0.4, -0.2) is 31.1 Å². The fourth-order valence-electron chi connectivity index (χ4n) is 1.92. The van der Waals surface area contributed by atoms with Crippen LogP contribution in [0.4, 0.5) is 0 Å². The smallest absolute Gasteiger partial charge is 0.212 e. The number of hydrogen-bond donors (Lipinski definition) is 0. The molecular weight excluding hydrogens is 222 g/mol. The van der Waals surface area contributed by atoms with Crippen LogP contribution in [0, 0.1) is 5.92 Å². The molecule has 0 bridgehead atoms. The largest absolute Gasteiger partial charge is 0.214 e. The summed E-state index contributed by atoms with van der Waals surface area (Å²) in [6.07, 6.45) is 2.48. The number of sulfonamides is 1. The van der Waals surface area contributed by atoms with Gasteiger partial charge in [0.15, 0.2) is 0 Å². The van der Waals surface area contributed by atoms with Gasteiger partial charge in [0.1, 0.15) is 0 Å². The Balaban J connectivity index is 4.91. The molecule has 0 radical (unpaired) electrons. The third kappa shape index (κ3) is 4.83. The van der Waals surface area contributed by atoms with E-state index in [0.29, 0.717) is 18.9 Å². The Morgan fingerprint density at radius 2 is 1.56 bits per heavy atom. The average molecular weight is 249 g/mol. The molecule has 0 spiro atoms. The van der Waals surface area contributed by atoms with E-state index in [2.05, 4.69) is 27.7 Å². The van der Waals surface area contributed by atoms with E-state index in [9.17, 15) is 8.42 Å². The molecule has 0 rings (SSSR count). The second kappa shape index (κ2) is 7.28. The van der Waals surface area contributed by atoms with Gasteiger partial charge in [-0.15, -0.1) is 0 Å². The maximum absolute atomic E-state index is 12.2. The van der Waals surface area contributed by atoms with E-state index in [0.717, 1.165) is 12.8 Å². The molecule has 0 aromatic heterocycles. The van der Waals surface area contributed by atoms with Crippen LogP contribution in [0.15, 0.2) is 0 Å². The topological polar surface area (TPSA) is 37.4 Å². The highest BCUT2D eigenvalue weighted by Crippen LogP contribution is 2.17. The second-order valence-electron chi connectivity index (χ2n) is 4.75. The van der Waals surface area contributed by atoms with Crippen molar-refractivity contribution in [2.45, 2.75) is 59.9 Å². The van der Waals surface area contributed by atoms with Gasteiger partial charge in [-0.25, -0.2) is 8.42 Å². The van der Waals surface area contributed by atoms with Crippen LogP contribution in [-0.2, 0) is 10.0 Å². The molecule has 0 aliphatic heterocycles. The van der Waals surface area contributed by atoms with E-state index in [4.69, 9.17) is 0 Å². The minimum Gasteiger partial charge on any atom is -0.212 e. The van der Waals surface area contributed by atoms with Gasteiger partial charge in [-0.3, -0.25) is 0 Å². The van der Waals surface area contributed by atoms with Crippen LogP contribution in [0.5, 0.6) is 0 Å². The Kier molecular flexibility index (Phi) is 7.24. The molecule has 0 unspecified atom stereocenters. The molecule has 0 aliphatic rings. The zero-order valence-electron chi connectivity index (χ0n) is 11.4. The summed E-state index contributed by atoms with van der Waals surface area (Å²) < 4.78 is 26.0. The van der Waals surface area contributed by atoms with Crippen molar-refractivity contribution in [3.63, 3.8) is 0 Å². The molecule has 0 amide bonds. The molecule has 0 atom stereocenters. The van der Waals surface area contributed by atoms with Gasteiger partial charge in [-0.2, -0.15) is 4.31 Å². The maximum atomic E-state index is 12.2. The zero-order chi connectivity index (χ0) is 12.8. The summed E-state index contributed by atoms with van der Waals surface area (Å²) in [7, 11) is -3.06. The van der Waals surface area contributed by atoms with Crippen molar-refractivity contribution in [3.05, 3.63) is 0 Å². The SMILES string of the molecule is CCCS(=O)(=O)N(CC(C)C)C(CC)CC. The van der Waals surface area contributed by atoms with E-state index in [1.807, 2.05) is 6.92 Å². The van der Waals surface area contributed by atoms with E-state index in [1.165, 1.54) is 0 Å². The minimum atomic E-state index is -3.06. The Morgan fingerprint density at radius 3 is 1.88 bits per heavy atom. The van der Waals surface area contributed by atoms with Gasteiger partial charge in [0, 0.05) is 12.6 Å². The first kappa shape index (κ1) is 15.9. The summed E-state index contributed by atoms with van der Waals surface area (Å²) >= 11 is 0. The number of nitrogens with zero attached hydrogens (tertiary/aromatic N) is 1. The summed E-state index contributed by atoms with van der Waals surface area (Å²) in [6.45, 7) is 10.8.